The first kappa shape index (κ1) is 8.03. The summed E-state index contributed by atoms with van der Waals surface area (Å²) in [6.45, 7) is 1.40. The fourth-order valence-electron chi connectivity index (χ4n) is 1.40. The van der Waals surface area contributed by atoms with E-state index in [2.05, 4.69) is 15.4 Å². The zero-order valence-corrected chi connectivity index (χ0v) is 7.34. The Morgan fingerprint density at radius 1 is 1.77 bits per heavy atom. The molecule has 1 aliphatic rings. The van der Waals surface area contributed by atoms with Crippen molar-refractivity contribution in [2.24, 2.45) is 0 Å². The van der Waals surface area contributed by atoms with Crippen LogP contribution in [0.3, 0.4) is 0 Å². The lowest BCUT2D eigenvalue weighted by molar-refractivity contribution is 0.226. The Balaban J connectivity index is 1.94. The molecule has 1 atom stereocenters. The van der Waals surface area contributed by atoms with Gasteiger partial charge in [0.15, 0.2) is 0 Å². The Labute approximate surface area is 75.5 Å². The molecule has 2 rings (SSSR count). The molecule has 1 fully saturated rings. The average Bonchev–Trinajstić information content (AvgIpc) is 2.64. The number of likely N-dealkylation sites (N-methyl/N-ethyl adjacent to an activating group) is 1. The molecule has 1 saturated heterocycles. The molecular formula is C7H11N5O. The lowest BCUT2D eigenvalue weighted by atomic mass is 10.3. The normalized spacial score (nSPS) is 22.1. The second-order valence-corrected chi connectivity index (χ2v) is 3.14. The molecule has 1 aromatic rings. The van der Waals surface area contributed by atoms with Gasteiger partial charge in [0.05, 0.1) is 12.6 Å². The van der Waals surface area contributed by atoms with Gasteiger partial charge in [-0.2, -0.15) is 5.10 Å². The summed E-state index contributed by atoms with van der Waals surface area (Å²) in [5.41, 5.74) is 0. The smallest absolute Gasteiger partial charge is 0.317 e. The summed E-state index contributed by atoms with van der Waals surface area (Å²) < 4.78 is 1.71. The molecule has 1 aliphatic heterocycles. The lowest BCUT2D eigenvalue weighted by Gasteiger charge is -2.07. The van der Waals surface area contributed by atoms with Crippen LogP contribution < -0.4 is 5.32 Å². The van der Waals surface area contributed by atoms with Crippen LogP contribution in [0.2, 0.25) is 0 Å². The number of amides is 2. The van der Waals surface area contributed by atoms with Crippen molar-refractivity contribution in [1.29, 1.82) is 0 Å². The number of carbonyl (C=O) groups is 1. The molecule has 6 nitrogen and oxygen atoms in total. The summed E-state index contributed by atoms with van der Waals surface area (Å²) >= 11 is 0. The highest BCUT2D eigenvalue weighted by atomic mass is 16.2. The van der Waals surface area contributed by atoms with Crippen molar-refractivity contribution >= 4 is 6.03 Å². The van der Waals surface area contributed by atoms with E-state index in [4.69, 9.17) is 0 Å². The van der Waals surface area contributed by atoms with Crippen molar-refractivity contribution < 1.29 is 4.79 Å². The fourth-order valence-corrected chi connectivity index (χ4v) is 1.40. The van der Waals surface area contributed by atoms with Crippen molar-refractivity contribution in [1.82, 2.24) is 25.0 Å². The van der Waals surface area contributed by atoms with Gasteiger partial charge in [-0.05, 0) is 0 Å². The van der Waals surface area contributed by atoms with E-state index < -0.39 is 0 Å². The van der Waals surface area contributed by atoms with Gasteiger partial charge in [-0.25, -0.2) is 9.78 Å². The summed E-state index contributed by atoms with van der Waals surface area (Å²) in [4.78, 5) is 16.6. The number of carbonyl (C=O) groups excluding carboxylic acids is 1. The minimum Gasteiger partial charge on any atom is -0.332 e. The Kier molecular flexibility index (Phi) is 1.88. The van der Waals surface area contributed by atoms with Gasteiger partial charge >= 0.3 is 6.03 Å². The van der Waals surface area contributed by atoms with E-state index in [-0.39, 0.29) is 12.1 Å². The number of hydrogen-bond acceptors (Lipinski definition) is 3. The van der Waals surface area contributed by atoms with Gasteiger partial charge in [0.25, 0.3) is 0 Å². The third-order valence-corrected chi connectivity index (χ3v) is 2.04. The minimum atomic E-state index is -0.0230. The first-order chi connectivity index (χ1) is 6.25. The maximum absolute atomic E-state index is 11.1. The largest absolute Gasteiger partial charge is 0.332 e. The molecule has 0 saturated carbocycles. The molecule has 1 unspecified atom stereocenters. The van der Waals surface area contributed by atoms with Crippen LogP contribution in [-0.2, 0) is 6.54 Å². The Morgan fingerprint density at radius 2 is 2.62 bits per heavy atom. The van der Waals surface area contributed by atoms with E-state index in [1.54, 1.807) is 23.0 Å². The topological polar surface area (TPSA) is 63.1 Å². The number of nitrogens with zero attached hydrogens (tertiary/aromatic N) is 4. The van der Waals surface area contributed by atoms with Crippen LogP contribution in [-0.4, -0.2) is 45.3 Å². The number of rotatable bonds is 2. The van der Waals surface area contributed by atoms with Gasteiger partial charge in [0.1, 0.15) is 12.7 Å². The van der Waals surface area contributed by atoms with Crippen molar-refractivity contribution in [2.75, 3.05) is 13.6 Å². The summed E-state index contributed by atoms with van der Waals surface area (Å²) in [5.74, 6) is 0. The molecule has 0 radical (unpaired) electrons. The van der Waals surface area contributed by atoms with Gasteiger partial charge in [-0.1, -0.05) is 0 Å². The van der Waals surface area contributed by atoms with Crippen molar-refractivity contribution in [3.63, 3.8) is 0 Å². The zero-order chi connectivity index (χ0) is 9.26. The van der Waals surface area contributed by atoms with Crippen LogP contribution in [0, 0.1) is 0 Å². The van der Waals surface area contributed by atoms with Crippen LogP contribution in [0.4, 0.5) is 4.79 Å². The number of aromatic nitrogens is 3. The molecule has 6 heteroatoms. The zero-order valence-electron chi connectivity index (χ0n) is 7.34. The van der Waals surface area contributed by atoms with Gasteiger partial charge in [0, 0.05) is 13.6 Å². The Hall–Kier alpha value is -1.59. The maximum Gasteiger partial charge on any atom is 0.317 e. The molecule has 13 heavy (non-hydrogen) atoms. The van der Waals surface area contributed by atoms with E-state index in [1.165, 1.54) is 6.33 Å². The maximum atomic E-state index is 11.1. The number of urea groups is 1. The molecule has 0 bridgehead atoms. The first-order valence-corrected chi connectivity index (χ1v) is 4.10. The molecule has 1 N–H and O–H groups in total. The molecule has 70 valence electrons. The van der Waals surface area contributed by atoms with E-state index in [1.807, 2.05) is 0 Å². The van der Waals surface area contributed by atoms with Gasteiger partial charge in [0.2, 0.25) is 0 Å². The third-order valence-electron chi connectivity index (χ3n) is 2.04. The third kappa shape index (κ3) is 1.61. The van der Waals surface area contributed by atoms with Crippen LogP contribution in [0.1, 0.15) is 0 Å². The summed E-state index contributed by atoms with van der Waals surface area (Å²) in [5, 5.41) is 6.81. The van der Waals surface area contributed by atoms with Gasteiger partial charge in [-0.15, -0.1) is 0 Å². The Bertz CT molecular complexity index is 296. The van der Waals surface area contributed by atoms with Crippen molar-refractivity contribution in [3.05, 3.63) is 12.7 Å². The van der Waals surface area contributed by atoms with Crippen LogP contribution in [0.5, 0.6) is 0 Å². The fraction of sp³-hybridized carbons (Fsp3) is 0.571. The summed E-state index contributed by atoms with van der Waals surface area (Å²) in [6.07, 6.45) is 3.13. The second kappa shape index (κ2) is 3.04. The highest BCUT2D eigenvalue weighted by Gasteiger charge is 2.25. The van der Waals surface area contributed by atoms with E-state index >= 15 is 0 Å². The summed E-state index contributed by atoms with van der Waals surface area (Å²) in [7, 11) is 1.77. The predicted octanol–water partition coefficient (Wildman–Crippen LogP) is -0.698. The monoisotopic (exact) mass is 181 g/mol. The molecule has 0 spiro atoms. The van der Waals surface area contributed by atoms with Crippen LogP contribution in [0.25, 0.3) is 0 Å². The number of nitrogens with one attached hydrogen (secondary N) is 1. The highest BCUT2D eigenvalue weighted by Crippen LogP contribution is 2.02. The quantitative estimate of drug-likeness (QED) is 0.656. The molecular weight excluding hydrogens is 170 g/mol. The molecule has 2 amide bonds. The number of hydrogen-bond donors (Lipinski definition) is 1. The molecule has 1 aromatic heterocycles. The van der Waals surface area contributed by atoms with E-state index in [0.29, 0.717) is 6.54 Å². The lowest BCUT2D eigenvalue weighted by Crippen LogP contribution is -2.30. The summed E-state index contributed by atoms with van der Waals surface area (Å²) in [6, 6.07) is 0.115. The van der Waals surface area contributed by atoms with Crippen LogP contribution in [0.15, 0.2) is 12.7 Å². The minimum absolute atomic E-state index is 0.0230. The van der Waals surface area contributed by atoms with Crippen LogP contribution >= 0.6 is 0 Å². The van der Waals surface area contributed by atoms with E-state index in [0.717, 1.165) is 6.54 Å². The standard InChI is InChI=1S/C7H11N5O/c1-11-2-6(10-7(11)13)3-12-5-8-4-9-12/h4-6H,2-3H2,1H3,(H,10,13). The molecule has 0 aromatic carbocycles. The van der Waals surface area contributed by atoms with Gasteiger partial charge < -0.3 is 10.2 Å². The molecule has 0 aliphatic carbocycles. The van der Waals surface area contributed by atoms with Crippen molar-refractivity contribution in [2.45, 2.75) is 12.6 Å². The molecule has 2 heterocycles. The Morgan fingerprint density at radius 3 is 3.15 bits per heavy atom. The second-order valence-electron chi connectivity index (χ2n) is 3.14. The van der Waals surface area contributed by atoms with Crippen molar-refractivity contribution in [3.8, 4) is 0 Å². The predicted molar refractivity (Wildman–Crippen MR) is 45.0 cm³/mol. The highest BCUT2D eigenvalue weighted by molar-refractivity contribution is 5.76. The van der Waals surface area contributed by atoms with Gasteiger partial charge in [-0.3, -0.25) is 4.68 Å². The SMILES string of the molecule is CN1CC(Cn2cncn2)NC1=O. The average molecular weight is 181 g/mol. The van der Waals surface area contributed by atoms with E-state index in [9.17, 15) is 4.79 Å². The first-order valence-electron chi connectivity index (χ1n) is 4.10.